The number of fused-ring (bicyclic) bond motifs is 1. The minimum atomic E-state index is -0.863. The van der Waals surface area contributed by atoms with Crippen molar-refractivity contribution in [3.05, 3.63) is 52.5 Å². The summed E-state index contributed by atoms with van der Waals surface area (Å²) in [5.41, 5.74) is 0.280. The Morgan fingerprint density at radius 1 is 1.56 bits per heavy atom. The minimum Gasteiger partial charge on any atom is -0.502 e. The standard InChI is InChI=1S/C15H15N5O5/c1-3-25-14(22)12-8(2)18-15-16-7-17-19(15)13(12)9-4-5-11(21)10(6-9)20(23)24/h4-7,12-13,21H,2-3H2,1H3,(H,16,17,18). The summed E-state index contributed by atoms with van der Waals surface area (Å²) < 4.78 is 6.55. The molecule has 10 heteroatoms. The van der Waals surface area contributed by atoms with Gasteiger partial charge in [0.05, 0.1) is 17.6 Å². The van der Waals surface area contributed by atoms with Crippen molar-refractivity contribution in [2.24, 2.45) is 5.92 Å². The fourth-order valence-corrected chi connectivity index (χ4v) is 2.80. The summed E-state index contributed by atoms with van der Waals surface area (Å²) >= 11 is 0. The average Bonchev–Trinajstić information content (AvgIpc) is 3.01. The largest absolute Gasteiger partial charge is 0.502 e. The van der Waals surface area contributed by atoms with Crippen LogP contribution in [0.3, 0.4) is 0 Å². The predicted octanol–water partition coefficient (Wildman–Crippen LogP) is 1.60. The van der Waals surface area contributed by atoms with Crippen molar-refractivity contribution in [2.45, 2.75) is 13.0 Å². The molecule has 10 nitrogen and oxygen atoms in total. The van der Waals surface area contributed by atoms with Crippen LogP contribution in [-0.2, 0) is 9.53 Å². The number of phenols is 1. The van der Waals surface area contributed by atoms with Crippen LogP contribution in [0.25, 0.3) is 0 Å². The number of rotatable bonds is 4. The van der Waals surface area contributed by atoms with Gasteiger partial charge >= 0.3 is 11.7 Å². The Hall–Kier alpha value is -3.43. The number of hydrogen-bond acceptors (Lipinski definition) is 8. The monoisotopic (exact) mass is 345 g/mol. The molecule has 2 atom stereocenters. The quantitative estimate of drug-likeness (QED) is 0.485. The summed E-state index contributed by atoms with van der Waals surface area (Å²) in [5, 5.41) is 27.8. The highest BCUT2D eigenvalue weighted by molar-refractivity contribution is 5.79. The van der Waals surface area contributed by atoms with Crippen molar-refractivity contribution in [2.75, 3.05) is 11.9 Å². The Balaban J connectivity index is 2.15. The second-order valence-electron chi connectivity index (χ2n) is 5.36. The van der Waals surface area contributed by atoms with Gasteiger partial charge in [-0.15, -0.1) is 0 Å². The highest BCUT2D eigenvalue weighted by Crippen LogP contribution is 2.40. The van der Waals surface area contributed by atoms with E-state index >= 15 is 0 Å². The summed E-state index contributed by atoms with van der Waals surface area (Å²) in [5.74, 6) is -1.51. The van der Waals surface area contributed by atoms with Gasteiger partial charge in [0, 0.05) is 11.8 Å². The molecule has 3 rings (SSSR count). The first-order valence-corrected chi connectivity index (χ1v) is 7.43. The number of anilines is 1. The molecule has 25 heavy (non-hydrogen) atoms. The van der Waals surface area contributed by atoms with Gasteiger partial charge in [-0.25, -0.2) is 4.68 Å². The van der Waals surface area contributed by atoms with Crippen molar-refractivity contribution in [3.8, 4) is 5.75 Å². The third-order valence-corrected chi connectivity index (χ3v) is 3.88. The van der Waals surface area contributed by atoms with E-state index in [1.54, 1.807) is 6.92 Å². The lowest BCUT2D eigenvalue weighted by atomic mass is 9.89. The van der Waals surface area contributed by atoms with Crippen molar-refractivity contribution in [3.63, 3.8) is 0 Å². The lowest BCUT2D eigenvalue weighted by Crippen LogP contribution is -2.37. The first kappa shape index (κ1) is 16.4. The second kappa shape index (κ2) is 6.23. The summed E-state index contributed by atoms with van der Waals surface area (Å²) in [6, 6.07) is 3.15. The van der Waals surface area contributed by atoms with Gasteiger partial charge in [-0.1, -0.05) is 12.6 Å². The normalized spacial score (nSPS) is 19.0. The zero-order valence-electron chi connectivity index (χ0n) is 13.2. The third-order valence-electron chi connectivity index (χ3n) is 3.88. The van der Waals surface area contributed by atoms with Gasteiger partial charge in [-0.05, 0) is 18.6 Å². The molecule has 1 aromatic carbocycles. The number of carbonyl (C=O) groups is 1. The van der Waals surface area contributed by atoms with E-state index < -0.39 is 34.3 Å². The number of phenolic OH excluding ortho intramolecular Hbond substituents is 1. The fourth-order valence-electron chi connectivity index (χ4n) is 2.80. The third kappa shape index (κ3) is 2.77. The van der Waals surface area contributed by atoms with Crippen LogP contribution in [-0.4, -0.2) is 37.4 Å². The molecule has 1 aromatic heterocycles. The van der Waals surface area contributed by atoms with E-state index in [0.717, 1.165) is 0 Å². The molecule has 0 aliphatic carbocycles. The van der Waals surface area contributed by atoms with E-state index in [9.17, 15) is 20.0 Å². The van der Waals surface area contributed by atoms with Crippen LogP contribution < -0.4 is 5.32 Å². The lowest BCUT2D eigenvalue weighted by Gasteiger charge is -2.33. The molecular formula is C15H15N5O5. The van der Waals surface area contributed by atoms with E-state index in [1.165, 1.54) is 29.2 Å². The summed E-state index contributed by atoms with van der Waals surface area (Å²) in [6.45, 7) is 5.71. The molecular weight excluding hydrogens is 330 g/mol. The van der Waals surface area contributed by atoms with Crippen molar-refractivity contribution in [1.29, 1.82) is 0 Å². The number of nitrogens with one attached hydrogen (secondary N) is 1. The molecule has 0 spiro atoms. The van der Waals surface area contributed by atoms with E-state index in [2.05, 4.69) is 22.0 Å². The zero-order chi connectivity index (χ0) is 18.1. The first-order valence-electron chi connectivity index (χ1n) is 7.43. The van der Waals surface area contributed by atoms with E-state index in [1.807, 2.05) is 0 Å². The van der Waals surface area contributed by atoms with Crippen molar-refractivity contribution >= 4 is 17.6 Å². The number of nitro benzene ring substituents is 1. The number of aromatic nitrogens is 3. The van der Waals surface area contributed by atoms with E-state index in [4.69, 9.17) is 4.74 Å². The molecule has 2 unspecified atom stereocenters. The number of aromatic hydroxyl groups is 1. The highest BCUT2D eigenvalue weighted by Gasteiger charge is 2.41. The van der Waals surface area contributed by atoms with Crippen LogP contribution in [0.1, 0.15) is 18.5 Å². The number of benzene rings is 1. The Morgan fingerprint density at radius 2 is 2.32 bits per heavy atom. The van der Waals surface area contributed by atoms with Gasteiger partial charge in [0.15, 0.2) is 5.75 Å². The van der Waals surface area contributed by atoms with Crippen LogP contribution >= 0.6 is 0 Å². The van der Waals surface area contributed by atoms with Gasteiger partial charge in [0.25, 0.3) is 0 Å². The van der Waals surface area contributed by atoms with Gasteiger partial charge in [0.2, 0.25) is 5.95 Å². The minimum absolute atomic E-state index is 0.176. The molecule has 1 aliphatic rings. The molecule has 0 saturated heterocycles. The summed E-state index contributed by atoms with van der Waals surface area (Å²) in [7, 11) is 0. The van der Waals surface area contributed by atoms with Crippen LogP contribution in [0.2, 0.25) is 0 Å². The summed E-state index contributed by atoms with van der Waals surface area (Å²) in [6.07, 6.45) is 1.30. The Morgan fingerprint density at radius 3 is 3.00 bits per heavy atom. The molecule has 130 valence electrons. The van der Waals surface area contributed by atoms with Gasteiger partial charge in [-0.2, -0.15) is 10.1 Å². The molecule has 0 bridgehead atoms. The number of ether oxygens (including phenoxy) is 1. The molecule has 2 heterocycles. The smallest absolute Gasteiger partial charge is 0.317 e. The maximum atomic E-state index is 12.4. The molecule has 2 aromatic rings. The highest BCUT2D eigenvalue weighted by atomic mass is 16.6. The molecule has 0 fully saturated rings. The number of esters is 1. The lowest BCUT2D eigenvalue weighted by molar-refractivity contribution is -0.385. The second-order valence-corrected chi connectivity index (χ2v) is 5.36. The predicted molar refractivity (Wildman–Crippen MR) is 85.8 cm³/mol. The molecule has 0 radical (unpaired) electrons. The maximum Gasteiger partial charge on any atom is 0.317 e. The van der Waals surface area contributed by atoms with Gasteiger partial charge in [0.1, 0.15) is 12.2 Å². The van der Waals surface area contributed by atoms with Crippen LogP contribution in [0, 0.1) is 16.0 Å². The molecule has 2 N–H and O–H groups in total. The summed E-state index contributed by atoms with van der Waals surface area (Å²) in [4.78, 5) is 26.9. The number of carbonyl (C=O) groups excluding carboxylic acids is 1. The topological polar surface area (TPSA) is 132 Å². The maximum absolute atomic E-state index is 12.4. The van der Waals surface area contributed by atoms with Gasteiger partial charge < -0.3 is 15.2 Å². The Labute approximate surface area is 141 Å². The zero-order valence-corrected chi connectivity index (χ0v) is 13.2. The van der Waals surface area contributed by atoms with Crippen LogP contribution in [0.15, 0.2) is 36.8 Å². The fraction of sp³-hybridized carbons (Fsp3) is 0.267. The Kier molecular flexibility index (Phi) is 4.09. The van der Waals surface area contributed by atoms with Crippen LogP contribution in [0.5, 0.6) is 5.75 Å². The van der Waals surface area contributed by atoms with Crippen molar-refractivity contribution < 1.29 is 19.6 Å². The molecule has 0 saturated carbocycles. The van der Waals surface area contributed by atoms with Gasteiger partial charge in [-0.3, -0.25) is 14.9 Å². The Bertz CT molecular complexity index is 862. The van der Waals surface area contributed by atoms with Crippen molar-refractivity contribution in [1.82, 2.24) is 14.8 Å². The number of nitro groups is 1. The van der Waals surface area contributed by atoms with E-state index in [0.29, 0.717) is 17.2 Å². The van der Waals surface area contributed by atoms with Crippen LogP contribution in [0.4, 0.5) is 11.6 Å². The molecule has 1 aliphatic heterocycles. The molecule has 0 amide bonds. The van der Waals surface area contributed by atoms with E-state index in [-0.39, 0.29) is 6.61 Å². The number of hydrogen-bond donors (Lipinski definition) is 2. The average molecular weight is 345 g/mol. The first-order chi connectivity index (χ1) is 11.9. The number of nitrogens with zero attached hydrogens (tertiary/aromatic N) is 4. The SMILES string of the molecule is C=C1Nc2ncnn2C(c2ccc(O)c([N+](=O)[O-])c2)C1C(=O)OCC.